The fourth-order valence-corrected chi connectivity index (χ4v) is 2.44. The van der Waals surface area contributed by atoms with E-state index in [1.165, 1.54) is 0 Å². The smallest absolute Gasteiger partial charge is 0.309 e. The van der Waals surface area contributed by atoms with Gasteiger partial charge in [-0.3, -0.25) is 4.79 Å². The zero-order chi connectivity index (χ0) is 15.2. The third-order valence-electron chi connectivity index (χ3n) is 4.01. The summed E-state index contributed by atoms with van der Waals surface area (Å²) < 4.78 is 5.65. The molecule has 0 amide bonds. The second-order valence-corrected chi connectivity index (χ2v) is 5.56. The molecular weight excluding hydrogens is 276 g/mol. The van der Waals surface area contributed by atoms with E-state index in [1.54, 1.807) is 0 Å². The van der Waals surface area contributed by atoms with Crippen molar-refractivity contribution >= 4 is 17.6 Å². The van der Waals surface area contributed by atoms with Gasteiger partial charge in [-0.15, -0.1) is 0 Å². The van der Waals surface area contributed by atoms with Crippen LogP contribution < -0.4 is 4.74 Å². The van der Waals surface area contributed by atoms with Gasteiger partial charge in [0.2, 0.25) is 0 Å². The summed E-state index contributed by atoms with van der Waals surface area (Å²) in [4.78, 5) is 11.4. The maximum atomic E-state index is 11.4. The molecule has 0 radical (unpaired) electrons. The minimum Gasteiger partial charge on any atom is -0.494 e. The molecule has 0 heterocycles. The van der Waals surface area contributed by atoms with Crippen LogP contribution in [0, 0.1) is 12.3 Å². The van der Waals surface area contributed by atoms with Crippen LogP contribution in [0.5, 0.6) is 5.75 Å². The fourth-order valence-electron chi connectivity index (χ4n) is 2.32. The van der Waals surface area contributed by atoms with Crippen LogP contribution in [0.2, 0.25) is 5.02 Å². The Morgan fingerprint density at radius 1 is 1.35 bits per heavy atom. The highest BCUT2D eigenvalue weighted by molar-refractivity contribution is 6.31. The molecule has 3 nitrogen and oxygen atoms in total. The van der Waals surface area contributed by atoms with Gasteiger partial charge in [0.25, 0.3) is 0 Å². The number of carbonyl (C=O) groups is 1. The van der Waals surface area contributed by atoms with Crippen molar-refractivity contribution in [1.29, 1.82) is 0 Å². The number of carboxylic acid groups (broad SMARTS) is 1. The van der Waals surface area contributed by atoms with Gasteiger partial charge in [-0.2, -0.15) is 0 Å². The molecule has 1 aromatic rings. The Kier molecular flexibility index (Phi) is 6.34. The summed E-state index contributed by atoms with van der Waals surface area (Å²) in [6, 6.07) is 5.54. The third kappa shape index (κ3) is 4.14. The zero-order valence-electron chi connectivity index (χ0n) is 12.4. The van der Waals surface area contributed by atoms with Crippen LogP contribution in [0.15, 0.2) is 18.2 Å². The van der Waals surface area contributed by atoms with E-state index in [4.69, 9.17) is 16.3 Å². The maximum Gasteiger partial charge on any atom is 0.309 e. The Morgan fingerprint density at radius 3 is 2.50 bits per heavy atom. The van der Waals surface area contributed by atoms with Crippen molar-refractivity contribution in [3.8, 4) is 5.75 Å². The molecule has 0 fully saturated rings. The van der Waals surface area contributed by atoms with Crippen molar-refractivity contribution in [2.75, 3.05) is 6.61 Å². The second kappa shape index (κ2) is 7.53. The minimum absolute atomic E-state index is 0.524. The Labute approximate surface area is 125 Å². The molecule has 0 unspecified atom stereocenters. The van der Waals surface area contributed by atoms with Crippen molar-refractivity contribution in [2.45, 2.75) is 46.5 Å². The van der Waals surface area contributed by atoms with Gasteiger partial charge >= 0.3 is 5.97 Å². The Morgan fingerprint density at radius 2 is 2.00 bits per heavy atom. The van der Waals surface area contributed by atoms with E-state index in [0.29, 0.717) is 25.9 Å². The fraction of sp³-hybridized carbons (Fsp3) is 0.562. The number of ether oxygens (including phenoxy) is 1. The number of aryl methyl sites for hydroxylation is 1. The van der Waals surface area contributed by atoms with Crippen molar-refractivity contribution in [1.82, 2.24) is 0 Å². The van der Waals surface area contributed by atoms with Gasteiger partial charge in [-0.1, -0.05) is 25.4 Å². The van der Waals surface area contributed by atoms with Crippen LogP contribution in [0.1, 0.15) is 45.1 Å². The van der Waals surface area contributed by atoms with Gasteiger partial charge in [0.1, 0.15) is 5.75 Å². The number of hydrogen-bond donors (Lipinski definition) is 1. The maximum absolute atomic E-state index is 11.4. The lowest BCUT2D eigenvalue weighted by atomic mass is 9.78. The molecule has 112 valence electrons. The molecule has 0 spiro atoms. The van der Waals surface area contributed by atoms with Crippen LogP contribution in [0.4, 0.5) is 0 Å². The van der Waals surface area contributed by atoms with Gasteiger partial charge < -0.3 is 9.84 Å². The number of carboxylic acids is 1. The number of halogens is 1. The Bertz CT molecular complexity index is 453. The average Bonchev–Trinajstić information content (AvgIpc) is 2.43. The lowest BCUT2D eigenvalue weighted by molar-refractivity contribution is -0.150. The lowest BCUT2D eigenvalue weighted by Gasteiger charge is -2.26. The molecule has 1 N–H and O–H groups in total. The number of hydrogen-bond acceptors (Lipinski definition) is 2. The minimum atomic E-state index is -0.704. The first-order chi connectivity index (χ1) is 9.45. The molecule has 0 bridgehead atoms. The molecule has 0 aliphatic rings. The van der Waals surface area contributed by atoms with Crippen molar-refractivity contribution in [3.63, 3.8) is 0 Å². The van der Waals surface area contributed by atoms with Gasteiger partial charge in [0.15, 0.2) is 0 Å². The highest BCUT2D eigenvalue weighted by Gasteiger charge is 2.33. The summed E-state index contributed by atoms with van der Waals surface area (Å²) in [5, 5.41) is 10.1. The number of benzene rings is 1. The van der Waals surface area contributed by atoms with E-state index in [1.807, 2.05) is 39.0 Å². The van der Waals surface area contributed by atoms with Crippen LogP contribution in [0.3, 0.4) is 0 Å². The van der Waals surface area contributed by atoms with Crippen molar-refractivity contribution in [2.24, 2.45) is 5.41 Å². The molecule has 4 heteroatoms. The van der Waals surface area contributed by atoms with Crippen LogP contribution in [0.25, 0.3) is 0 Å². The van der Waals surface area contributed by atoms with Crippen molar-refractivity contribution < 1.29 is 14.6 Å². The monoisotopic (exact) mass is 298 g/mol. The molecule has 0 aromatic heterocycles. The van der Waals surface area contributed by atoms with E-state index in [2.05, 4.69) is 0 Å². The van der Waals surface area contributed by atoms with E-state index in [9.17, 15) is 9.90 Å². The second-order valence-electron chi connectivity index (χ2n) is 5.16. The molecule has 0 aliphatic carbocycles. The molecule has 0 saturated heterocycles. The summed E-state index contributed by atoms with van der Waals surface area (Å²) in [6.45, 7) is 6.32. The molecule has 0 aliphatic heterocycles. The average molecular weight is 299 g/mol. The lowest BCUT2D eigenvalue weighted by Crippen LogP contribution is -2.30. The molecule has 20 heavy (non-hydrogen) atoms. The summed E-state index contributed by atoms with van der Waals surface area (Å²) in [6.07, 6.45) is 2.68. The number of rotatable bonds is 8. The summed E-state index contributed by atoms with van der Waals surface area (Å²) >= 11 is 5.95. The van der Waals surface area contributed by atoms with Crippen molar-refractivity contribution in [3.05, 3.63) is 28.8 Å². The Balaban J connectivity index is 2.48. The summed E-state index contributed by atoms with van der Waals surface area (Å²) in [5.74, 6) is 0.0747. The predicted molar refractivity (Wildman–Crippen MR) is 81.6 cm³/mol. The molecular formula is C16H23ClO3. The van der Waals surface area contributed by atoms with E-state index < -0.39 is 11.4 Å². The van der Waals surface area contributed by atoms with Crippen LogP contribution >= 0.6 is 11.6 Å². The SMILES string of the molecule is CCC(CC)(CCCOc1ccc(Cl)c(C)c1)C(=O)O. The van der Waals surface area contributed by atoms with Gasteiger partial charge in [0.05, 0.1) is 12.0 Å². The van der Waals surface area contributed by atoms with Crippen LogP contribution in [-0.2, 0) is 4.79 Å². The van der Waals surface area contributed by atoms with E-state index >= 15 is 0 Å². The third-order valence-corrected chi connectivity index (χ3v) is 4.43. The largest absolute Gasteiger partial charge is 0.494 e. The standard InChI is InChI=1S/C16H23ClO3/c1-4-16(5-2,15(18)19)9-6-10-20-13-7-8-14(17)12(3)11-13/h7-8,11H,4-6,9-10H2,1-3H3,(H,18,19). The Hall–Kier alpha value is -1.22. The van der Waals surface area contributed by atoms with E-state index in [-0.39, 0.29) is 0 Å². The molecule has 0 saturated carbocycles. The first kappa shape index (κ1) is 16.8. The quantitative estimate of drug-likeness (QED) is 0.708. The molecule has 1 rings (SSSR count). The normalized spacial score (nSPS) is 11.4. The first-order valence-electron chi connectivity index (χ1n) is 7.07. The van der Waals surface area contributed by atoms with Gasteiger partial charge in [-0.25, -0.2) is 0 Å². The van der Waals surface area contributed by atoms with Crippen LogP contribution in [-0.4, -0.2) is 17.7 Å². The predicted octanol–water partition coefficient (Wildman–Crippen LogP) is 4.70. The summed E-state index contributed by atoms with van der Waals surface area (Å²) in [7, 11) is 0. The first-order valence-corrected chi connectivity index (χ1v) is 7.45. The number of aliphatic carboxylic acids is 1. The molecule has 1 aromatic carbocycles. The zero-order valence-corrected chi connectivity index (χ0v) is 13.2. The van der Waals surface area contributed by atoms with E-state index in [0.717, 1.165) is 22.8 Å². The topological polar surface area (TPSA) is 46.5 Å². The summed E-state index contributed by atoms with van der Waals surface area (Å²) in [5.41, 5.74) is 0.366. The van der Waals surface area contributed by atoms with Gasteiger partial charge in [-0.05, 0) is 56.4 Å². The highest BCUT2D eigenvalue weighted by Crippen LogP contribution is 2.32. The van der Waals surface area contributed by atoms with Gasteiger partial charge in [0, 0.05) is 5.02 Å². The highest BCUT2D eigenvalue weighted by atomic mass is 35.5. The molecule has 0 atom stereocenters.